The Morgan fingerprint density at radius 1 is 1.15 bits per heavy atom. The average molecular weight is 314 g/mol. The van der Waals surface area contributed by atoms with Gasteiger partial charge in [-0.15, -0.1) is 0 Å². The maximum absolute atomic E-state index is 12.0. The molecule has 1 fully saturated rings. The van der Waals surface area contributed by atoms with Crippen LogP contribution in [-0.2, 0) is 26.7 Å². The molecule has 1 saturated heterocycles. The Bertz CT molecular complexity index is 644. The lowest BCUT2D eigenvalue weighted by molar-refractivity contribution is -0.129. The molecular formula is C14H16ClNO3S. The fraction of sp³-hybridized carbons (Fsp3) is 0.500. The Morgan fingerprint density at radius 2 is 1.85 bits per heavy atom. The smallest absolute Gasteiger partial charge is 0.237 e. The van der Waals surface area contributed by atoms with Gasteiger partial charge >= 0.3 is 0 Å². The highest BCUT2D eigenvalue weighted by molar-refractivity contribution is 8.14. The zero-order valence-electron chi connectivity index (χ0n) is 11.0. The molecule has 0 saturated carbocycles. The predicted molar refractivity (Wildman–Crippen MR) is 77.1 cm³/mol. The highest BCUT2D eigenvalue weighted by atomic mass is 35.7. The van der Waals surface area contributed by atoms with Crippen LogP contribution in [-0.4, -0.2) is 37.1 Å². The van der Waals surface area contributed by atoms with E-state index in [0.717, 1.165) is 19.3 Å². The van der Waals surface area contributed by atoms with E-state index in [9.17, 15) is 13.2 Å². The second-order valence-electron chi connectivity index (χ2n) is 5.51. The molecule has 0 bridgehead atoms. The molecule has 1 heterocycles. The van der Waals surface area contributed by atoms with E-state index in [0.29, 0.717) is 0 Å². The molecule has 2 unspecified atom stereocenters. The number of rotatable bonds is 2. The lowest BCUT2D eigenvalue weighted by Crippen LogP contribution is -2.41. The molecule has 4 nitrogen and oxygen atoms in total. The van der Waals surface area contributed by atoms with Crippen LogP contribution in [0.25, 0.3) is 0 Å². The van der Waals surface area contributed by atoms with E-state index in [1.807, 2.05) is 12.1 Å². The summed E-state index contributed by atoms with van der Waals surface area (Å²) in [5, 5.41) is -0.756. The Balaban J connectivity index is 1.77. The number of hydrogen-bond donors (Lipinski definition) is 0. The van der Waals surface area contributed by atoms with Gasteiger partial charge < -0.3 is 4.90 Å². The van der Waals surface area contributed by atoms with Crippen molar-refractivity contribution in [2.24, 2.45) is 0 Å². The van der Waals surface area contributed by atoms with Crippen LogP contribution >= 0.6 is 10.7 Å². The lowest BCUT2D eigenvalue weighted by atomic mass is 9.87. The van der Waals surface area contributed by atoms with Crippen LogP contribution in [0.2, 0.25) is 0 Å². The average Bonchev–Trinajstić information content (AvgIpc) is 2.80. The van der Waals surface area contributed by atoms with Crippen LogP contribution in [0.4, 0.5) is 0 Å². The van der Waals surface area contributed by atoms with Crippen molar-refractivity contribution in [1.82, 2.24) is 4.90 Å². The molecule has 0 N–H and O–H groups in total. The standard InChI is InChI=1S/C14H16ClNO3S/c15-20(18,19)13-8-14(17)16(9-13)12-6-5-10-3-1-2-4-11(10)7-12/h1-4,12-13H,5-9H2. The van der Waals surface area contributed by atoms with E-state index in [-0.39, 0.29) is 24.9 Å². The molecule has 20 heavy (non-hydrogen) atoms. The molecule has 2 aliphatic rings. The molecule has 3 rings (SSSR count). The number of amides is 1. The number of benzene rings is 1. The van der Waals surface area contributed by atoms with Gasteiger partial charge in [0.15, 0.2) is 0 Å². The molecule has 0 spiro atoms. The number of halogens is 1. The Labute approximate surface area is 123 Å². The maximum Gasteiger partial charge on any atom is 0.237 e. The molecule has 1 aromatic rings. The lowest BCUT2D eigenvalue weighted by Gasteiger charge is -2.32. The summed E-state index contributed by atoms with van der Waals surface area (Å²) in [5.74, 6) is -0.0939. The van der Waals surface area contributed by atoms with E-state index in [4.69, 9.17) is 10.7 Å². The van der Waals surface area contributed by atoms with E-state index in [1.165, 1.54) is 11.1 Å². The summed E-state index contributed by atoms with van der Waals surface area (Å²) >= 11 is 0. The molecular weight excluding hydrogens is 298 g/mol. The third kappa shape index (κ3) is 2.56. The summed E-state index contributed by atoms with van der Waals surface area (Å²) in [6.07, 6.45) is 2.64. The Morgan fingerprint density at radius 3 is 2.50 bits per heavy atom. The van der Waals surface area contributed by atoms with E-state index in [1.54, 1.807) is 4.90 Å². The number of carbonyl (C=O) groups excluding carboxylic acids is 1. The van der Waals surface area contributed by atoms with Crippen molar-refractivity contribution in [1.29, 1.82) is 0 Å². The minimum absolute atomic E-state index is 0.0178. The van der Waals surface area contributed by atoms with Crippen LogP contribution in [0.3, 0.4) is 0 Å². The van der Waals surface area contributed by atoms with Gasteiger partial charge in [0.1, 0.15) is 5.25 Å². The number of nitrogens with zero attached hydrogens (tertiary/aromatic N) is 1. The highest BCUT2D eigenvalue weighted by Gasteiger charge is 2.40. The van der Waals surface area contributed by atoms with Crippen molar-refractivity contribution in [3.05, 3.63) is 35.4 Å². The minimum atomic E-state index is -3.66. The van der Waals surface area contributed by atoms with Crippen molar-refractivity contribution in [2.45, 2.75) is 37.0 Å². The second-order valence-corrected chi connectivity index (χ2v) is 8.42. The first-order valence-corrected chi connectivity index (χ1v) is 9.12. The number of fused-ring (bicyclic) bond motifs is 1. The third-order valence-corrected chi connectivity index (χ3v) is 6.15. The predicted octanol–water partition coefficient (Wildman–Crippen LogP) is 1.71. The first-order chi connectivity index (χ1) is 9.45. The van der Waals surface area contributed by atoms with Crippen LogP contribution in [0.15, 0.2) is 24.3 Å². The second kappa shape index (κ2) is 5.04. The summed E-state index contributed by atoms with van der Waals surface area (Å²) in [7, 11) is 1.73. The minimum Gasteiger partial charge on any atom is -0.338 e. The van der Waals surface area contributed by atoms with Crippen LogP contribution < -0.4 is 0 Å². The first-order valence-electron chi connectivity index (χ1n) is 6.75. The van der Waals surface area contributed by atoms with Gasteiger partial charge in [-0.25, -0.2) is 8.42 Å². The van der Waals surface area contributed by atoms with Gasteiger partial charge in [0.25, 0.3) is 0 Å². The SMILES string of the molecule is O=C1CC(S(=O)(=O)Cl)CN1C1CCc2ccccc2C1. The van der Waals surface area contributed by atoms with Crippen molar-refractivity contribution in [3.63, 3.8) is 0 Å². The van der Waals surface area contributed by atoms with Gasteiger partial charge in [0.05, 0.1) is 0 Å². The normalized spacial score (nSPS) is 26.6. The summed E-state index contributed by atoms with van der Waals surface area (Å²) in [6.45, 7) is 0.234. The number of hydrogen-bond acceptors (Lipinski definition) is 3. The van der Waals surface area contributed by atoms with Gasteiger partial charge in [0, 0.05) is 29.7 Å². The summed E-state index contributed by atoms with van der Waals surface area (Å²) in [6, 6.07) is 8.32. The van der Waals surface area contributed by atoms with E-state index < -0.39 is 14.3 Å². The molecule has 1 aliphatic carbocycles. The van der Waals surface area contributed by atoms with Crippen LogP contribution in [0, 0.1) is 0 Å². The highest BCUT2D eigenvalue weighted by Crippen LogP contribution is 2.29. The summed E-state index contributed by atoms with van der Waals surface area (Å²) < 4.78 is 22.8. The van der Waals surface area contributed by atoms with Crippen molar-refractivity contribution in [2.75, 3.05) is 6.54 Å². The molecule has 1 aliphatic heterocycles. The number of likely N-dealkylation sites (tertiary alicyclic amines) is 1. The monoisotopic (exact) mass is 313 g/mol. The fourth-order valence-corrected chi connectivity index (χ4v) is 4.22. The van der Waals surface area contributed by atoms with Crippen molar-refractivity contribution >= 4 is 25.6 Å². The molecule has 6 heteroatoms. The summed E-state index contributed by atoms with van der Waals surface area (Å²) in [4.78, 5) is 13.8. The maximum atomic E-state index is 12.0. The Hall–Kier alpha value is -1.07. The van der Waals surface area contributed by atoms with Gasteiger partial charge in [-0.3, -0.25) is 4.79 Å². The van der Waals surface area contributed by atoms with Gasteiger partial charge in [-0.1, -0.05) is 24.3 Å². The van der Waals surface area contributed by atoms with Gasteiger partial charge in [-0.05, 0) is 30.4 Å². The molecule has 0 radical (unpaired) electrons. The van der Waals surface area contributed by atoms with Crippen molar-refractivity contribution < 1.29 is 13.2 Å². The molecule has 1 amide bonds. The van der Waals surface area contributed by atoms with E-state index in [2.05, 4.69) is 12.1 Å². The zero-order chi connectivity index (χ0) is 14.3. The number of carbonyl (C=O) groups is 1. The Kier molecular flexibility index (Phi) is 3.50. The third-order valence-electron chi connectivity index (χ3n) is 4.28. The topological polar surface area (TPSA) is 54.5 Å². The molecule has 0 aromatic heterocycles. The molecule has 108 valence electrons. The van der Waals surface area contributed by atoms with Gasteiger partial charge in [0.2, 0.25) is 15.0 Å². The van der Waals surface area contributed by atoms with Gasteiger partial charge in [-0.2, -0.15) is 0 Å². The molecule has 1 aromatic carbocycles. The zero-order valence-corrected chi connectivity index (χ0v) is 12.5. The number of aryl methyl sites for hydroxylation is 1. The van der Waals surface area contributed by atoms with E-state index >= 15 is 0 Å². The quantitative estimate of drug-likeness (QED) is 0.781. The molecule has 2 atom stereocenters. The largest absolute Gasteiger partial charge is 0.338 e. The fourth-order valence-electron chi connectivity index (χ4n) is 3.18. The van der Waals surface area contributed by atoms with Crippen LogP contribution in [0.5, 0.6) is 0 Å². The van der Waals surface area contributed by atoms with Crippen LogP contribution in [0.1, 0.15) is 24.0 Å². The summed E-state index contributed by atoms with van der Waals surface area (Å²) in [5.41, 5.74) is 2.59. The van der Waals surface area contributed by atoms with Crippen molar-refractivity contribution in [3.8, 4) is 0 Å². The first kappa shape index (κ1) is 13.9.